The highest BCUT2D eigenvalue weighted by atomic mass is 31.2. The molecule has 0 aromatic heterocycles. The lowest BCUT2D eigenvalue weighted by Crippen LogP contribution is -2.27. The molecular formula is C12H18NO2P. The number of fused-ring (bicyclic) bond motifs is 1. The Morgan fingerprint density at radius 3 is 2.69 bits per heavy atom. The highest BCUT2D eigenvalue weighted by Crippen LogP contribution is 2.48. The predicted octanol–water partition coefficient (Wildman–Crippen LogP) is 3.43. The van der Waals surface area contributed by atoms with Crippen LogP contribution in [0, 0.1) is 0 Å². The fraction of sp³-hybridized carbons (Fsp3) is 0.500. The van der Waals surface area contributed by atoms with Crippen LogP contribution in [0.5, 0.6) is 0 Å². The lowest BCUT2D eigenvalue weighted by Gasteiger charge is -2.32. The number of nitrogens with two attached hydrogens (primary N) is 1. The van der Waals surface area contributed by atoms with Crippen LogP contribution in [0.3, 0.4) is 0 Å². The first kappa shape index (κ1) is 12.0. The molecule has 1 unspecified atom stereocenters. The summed E-state index contributed by atoms with van der Waals surface area (Å²) in [6.07, 6.45) is 1.83. The SMILES string of the molecule is CCC1(CC)OP(N)OCc2ccccc21. The van der Waals surface area contributed by atoms with E-state index in [4.69, 9.17) is 14.6 Å². The molecule has 3 nitrogen and oxygen atoms in total. The van der Waals surface area contributed by atoms with Gasteiger partial charge in [-0.1, -0.05) is 38.1 Å². The van der Waals surface area contributed by atoms with Crippen molar-refractivity contribution in [1.29, 1.82) is 0 Å². The zero-order valence-electron chi connectivity index (χ0n) is 9.77. The van der Waals surface area contributed by atoms with Crippen molar-refractivity contribution >= 4 is 8.53 Å². The van der Waals surface area contributed by atoms with Crippen molar-refractivity contribution in [3.63, 3.8) is 0 Å². The van der Waals surface area contributed by atoms with E-state index in [9.17, 15) is 0 Å². The van der Waals surface area contributed by atoms with Gasteiger partial charge in [0.05, 0.1) is 6.61 Å². The largest absolute Gasteiger partial charge is 0.317 e. The summed E-state index contributed by atoms with van der Waals surface area (Å²) in [5, 5.41) is 0. The van der Waals surface area contributed by atoms with Crippen LogP contribution in [0.15, 0.2) is 24.3 Å². The Kier molecular flexibility index (Phi) is 3.60. The second-order valence-corrected chi connectivity index (χ2v) is 5.02. The average Bonchev–Trinajstić information content (AvgIpc) is 2.47. The molecule has 1 aliphatic heterocycles. The van der Waals surface area contributed by atoms with Gasteiger partial charge in [-0.2, -0.15) is 0 Å². The van der Waals surface area contributed by atoms with Gasteiger partial charge in [-0.05, 0) is 24.0 Å². The molecule has 1 heterocycles. The zero-order chi connectivity index (χ0) is 11.6. The molecule has 88 valence electrons. The second kappa shape index (κ2) is 4.80. The van der Waals surface area contributed by atoms with Crippen molar-refractivity contribution in [2.24, 2.45) is 5.50 Å². The predicted molar refractivity (Wildman–Crippen MR) is 65.7 cm³/mol. The molecule has 1 aliphatic rings. The minimum Gasteiger partial charge on any atom is -0.317 e. The topological polar surface area (TPSA) is 44.5 Å². The maximum Gasteiger partial charge on any atom is 0.254 e. The van der Waals surface area contributed by atoms with Gasteiger partial charge in [0.15, 0.2) is 0 Å². The van der Waals surface area contributed by atoms with Crippen LogP contribution in [-0.4, -0.2) is 0 Å². The maximum absolute atomic E-state index is 5.94. The van der Waals surface area contributed by atoms with Crippen LogP contribution >= 0.6 is 8.53 Å². The van der Waals surface area contributed by atoms with E-state index in [0.29, 0.717) is 6.61 Å². The summed E-state index contributed by atoms with van der Waals surface area (Å²) in [7, 11) is -1.26. The highest BCUT2D eigenvalue weighted by Gasteiger charge is 2.36. The van der Waals surface area contributed by atoms with Crippen LogP contribution in [-0.2, 0) is 21.3 Å². The summed E-state index contributed by atoms with van der Waals surface area (Å²) in [4.78, 5) is 0. The third kappa shape index (κ3) is 2.01. The molecule has 2 N–H and O–H groups in total. The van der Waals surface area contributed by atoms with E-state index in [0.717, 1.165) is 12.8 Å². The monoisotopic (exact) mass is 239 g/mol. The van der Waals surface area contributed by atoms with Crippen LogP contribution in [0.2, 0.25) is 0 Å². The Hall–Kier alpha value is -0.470. The first-order valence-corrected chi connectivity index (χ1v) is 6.92. The fourth-order valence-electron chi connectivity index (χ4n) is 2.23. The maximum atomic E-state index is 5.94. The Morgan fingerprint density at radius 1 is 1.31 bits per heavy atom. The van der Waals surface area contributed by atoms with Crippen LogP contribution in [0.25, 0.3) is 0 Å². The van der Waals surface area contributed by atoms with E-state index in [2.05, 4.69) is 26.0 Å². The number of hydrogen-bond donors (Lipinski definition) is 1. The molecule has 0 bridgehead atoms. The second-order valence-electron chi connectivity index (χ2n) is 4.01. The van der Waals surface area contributed by atoms with Crippen molar-refractivity contribution in [2.45, 2.75) is 38.9 Å². The van der Waals surface area contributed by atoms with Gasteiger partial charge in [-0.25, -0.2) is 0 Å². The van der Waals surface area contributed by atoms with E-state index in [1.807, 2.05) is 12.1 Å². The van der Waals surface area contributed by atoms with E-state index >= 15 is 0 Å². The number of hydrogen-bond acceptors (Lipinski definition) is 3. The van der Waals surface area contributed by atoms with Crippen LogP contribution in [0.1, 0.15) is 37.8 Å². The minimum absolute atomic E-state index is 0.270. The molecule has 0 saturated carbocycles. The van der Waals surface area contributed by atoms with E-state index < -0.39 is 8.53 Å². The molecule has 0 fully saturated rings. The Labute approximate surface area is 97.9 Å². The Balaban J connectivity index is 2.50. The van der Waals surface area contributed by atoms with Crippen molar-refractivity contribution in [3.8, 4) is 0 Å². The van der Waals surface area contributed by atoms with E-state index in [1.165, 1.54) is 11.1 Å². The molecule has 4 heteroatoms. The number of benzene rings is 1. The third-order valence-electron chi connectivity index (χ3n) is 3.26. The van der Waals surface area contributed by atoms with Gasteiger partial charge >= 0.3 is 0 Å². The first-order chi connectivity index (χ1) is 7.72. The quantitative estimate of drug-likeness (QED) is 0.804. The van der Waals surface area contributed by atoms with Crippen molar-refractivity contribution < 1.29 is 9.05 Å². The van der Waals surface area contributed by atoms with E-state index in [-0.39, 0.29) is 5.60 Å². The molecule has 0 radical (unpaired) electrons. The summed E-state index contributed by atoms with van der Waals surface area (Å²) < 4.78 is 11.5. The highest BCUT2D eigenvalue weighted by molar-refractivity contribution is 7.44. The van der Waals surface area contributed by atoms with Gasteiger partial charge in [0.25, 0.3) is 8.53 Å². The van der Waals surface area contributed by atoms with Gasteiger partial charge in [-0.15, -0.1) is 0 Å². The van der Waals surface area contributed by atoms with E-state index in [1.54, 1.807) is 0 Å². The average molecular weight is 239 g/mol. The smallest absolute Gasteiger partial charge is 0.254 e. The van der Waals surface area contributed by atoms with Gasteiger partial charge in [0.2, 0.25) is 0 Å². The summed E-state index contributed by atoms with van der Waals surface area (Å²) in [6, 6.07) is 8.29. The van der Waals surface area contributed by atoms with Crippen LogP contribution in [0.4, 0.5) is 0 Å². The van der Waals surface area contributed by atoms with Crippen molar-refractivity contribution in [3.05, 3.63) is 35.4 Å². The zero-order valence-corrected chi connectivity index (χ0v) is 10.7. The molecule has 1 atom stereocenters. The first-order valence-electron chi connectivity index (χ1n) is 5.67. The molecule has 16 heavy (non-hydrogen) atoms. The normalized spacial score (nSPS) is 23.6. The summed E-state index contributed by atoms with van der Waals surface area (Å²) in [5.74, 6) is 0. The Bertz CT molecular complexity index is 366. The summed E-state index contributed by atoms with van der Waals surface area (Å²) >= 11 is 0. The minimum atomic E-state index is -1.26. The molecule has 0 spiro atoms. The number of rotatable bonds is 2. The standard InChI is InChI=1S/C12H18NO2P/c1-3-12(4-2)11-8-6-5-7-10(11)9-14-16(13)15-12/h5-8H,3-4,9,13H2,1-2H3. The lowest BCUT2D eigenvalue weighted by atomic mass is 9.85. The van der Waals surface area contributed by atoms with Crippen molar-refractivity contribution in [1.82, 2.24) is 0 Å². The molecule has 0 saturated heterocycles. The lowest BCUT2D eigenvalue weighted by molar-refractivity contribution is 0.0595. The summed E-state index contributed by atoms with van der Waals surface area (Å²) in [5.41, 5.74) is 8.02. The molecule has 0 amide bonds. The van der Waals surface area contributed by atoms with Gasteiger partial charge in [0.1, 0.15) is 5.60 Å². The van der Waals surface area contributed by atoms with Gasteiger partial charge in [-0.3, -0.25) is 5.50 Å². The summed E-state index contributed by atoms with van der Waals surface area (Å²) in [6.45, 7) is 4.82. The Morgan fingerprint density at radius 2 is 2.00 bits per heavy atom. The molecule has 1 aromatic rings. The molecule has 2 rings (SSSR count). The van der Waals surface area contributed by atoms with Gasteiger partial charge < -0.3 is 9.05 Å². The third-order valence-corrected chi connectivity index (χ3v) is 4.18. The van der Waals surface area contributed by atoms with Gasteiger partial charge in [0, 0.05) is 0 Å². The molecule has 0 aliphatic carbocycles. The van der Waals surface area contributed by atoms with Crippen molar-refractivity contribution in [2.75, 3.05) is 0 Å². The molecular weight excluding hydrogens is 221 g/mol. The fourth-order valence-corrected chi connectivity index (χ4v) is 3.25. The molecule has 1 aromatic carbocycles. The van der Waals surface area contributed by atoms with Crippen LogP contribution < -0.4 is 5.50 Å².